The minimum absolute atomic E-state index is 0.233. The number of rotatable bonds is 3. The molecule has 0 heterocycles. The van der Waals surface area contributed by atoms with Gasteiger partial charge in [0, 0.05) is 5.69 Å². The monoisotopic (exact) mass is 245 g/mol. The zero-order valence-corrected chi connectivity index (χ0v) is 11.1. The summed E-state index contributed by atoms with van der Waals surface area (Å²) in [7, 11) is 3.90. The van der Waals surface area contributed by atoms with Crippen molar-refractivity contribution in [1.29, 1.82) is 0 Å². The molecule has 0 atom stereocenters. The quantitative estimate of drug-likeness (QED) is 0.796. The van der Waals surface area contributed by atoms with Gasteiger partial charge in [-0.2, -0.15) is 0 Å². The summed E-state index contributed by atoms with van der Waals surface area (Å²) < 4.78 is 0. The molecule has 96 valence electrons. The number of carbonyl (C=O) groups excluding carboxylic acids is 1. The Hall–Kier alpha value is -1.99. The van der Waals surface area contributed by atoms with E-state index in [-0.39, 0.29) is 6.03 Å². The molecular weight excluding hydrogens is 226 g/mol. The molecule has 0 unspecified atom stereocenters. The van der Waals surface area contributed by atoms with Crippen LogP contribution in [0.1, 0.15) is 5.56 Å². The van der Waals surface area contributed by atoms with Gasteiger partial charge in [-0.15, -0.1) is 0 Å². The molecule has 1 aromatic rings. The number of carbonyl (C=O) groups is 1. The van der Waals surface area contributed by atoms with Crippen molar-refractivity contribution in [1.82, 2.24) is 10.2 Å². The van der Waals surface area contributed by atoms with Crippen LogP contribution in [0.3, 0.4) is 0 Å². The second kappa shape index (κ2) is 7.36. The summed E-state index contributed by atoms with van der Waals surface area (Å²) in [5.41, 5.74) is 1.85. The lowest BCUT2D eigenvalue weighted by molar-refractivity contribution is 0.253. The molecule has 0 radical (unpaired) electrons. The largest absolute Gasteiger partial charge is 0.327 e. The number of aryl methyl sites for hydroxylation is 1. The minimum atomic E-state index is -0.233. The lowest BCUT2D eigenvalue weighted by Crippen LogP contribution is -2.29. The van der Waals surface area contributed by atoms with Gasteiger partial charge in [-0.1, -0.05) is 30.0 Å². The van der Waals surface area contributed by atoms with Gasteiger partial charge in [-0.25, -0.2) is 4.79 Å². The van der Waals surface area contributed by atoms with E-state index in [0.717, 1.165) is 11.3 Å². The molecule has 18 heavy (non-hydrogen) atoms. The highest BCUT2D eigenvalue weighted by Gasteiger charge is 2.01. The van der Waals surface area contributed by atoms with Crippen molar-refractivity contribution in [3.63, 3.8) is 0 Å². The topological polar surface area (TPSA) is 44.4 Å². The summed E-state index contributed by atoms with van der Waals surface area (Å²) >= 11 is 0. The van der Waals surface area contributed by atoms with Crippen LogP contribution in [-0.2, 0) is 0 Å². The first-order valence-corrected chi connectivity index (χ1v) is 5.80. The maximum absolute atomic E-state index is 11.6. The van der Waals surface area contributed by atoms with E-state index >= 15 is 0 Å². The first-order valence-electron chi connectivity index (χ1n) is 5.80. The van der Waals surface area contributed by atoms with Gasteiger partial charge < -0.3 is 10.6 Å². The molecule has 1 rings (SSSR count). The van der Waals surface area contributed by atoms with Crippen molar-refractivity contribution < 1.29 is 4.79 Å². The molecule has 0 aliphatic heterocycles. The molecule has 2 N–H and O–H groups in total. The van der Waals surface area contributed by atoms with Gasteiger partial charge in [-0.05, 0) is 32.6 Å². The second-order valence-electron chi connectivity index (χ2n) is 4.21. The summed E-state index contributed by atoms with van der Waals surface area (Å²) in [6.07, 6.45) is 0. The third-order valence-corrected chi connectivity index (χ3v) is 2.25. The zero-order valence-electron chi connectivity index (χ0n) is 11.1. The third kappa shape index (κ3) is 5.37. The number of hydrogen-bond donors (Lipinski definition) is 2. The van der Waals surface area contributed by atoms with Crippen LogP contribution >= 0.6 is 0 Å². The van der Waals surface area contributed by atoms with Crippen LogP contribution in [0.15, 0.2) is 24.3 Å². The van der Waals surface area contributed by atoms with Crippen LogP contribution in [0.4, 0.5) is 10.5 Å². The van der Waals surface area contributed by atoms with Gasteiger partial charge >= 0.3 is 6.03 Å². The maximum atomic E-state index is 11.6. The highest BCUT2D eigenvalue weighted by atomic mass is 16.2. The van der Waals surface area contributed by atoms with Crippen molar-refractivity contribution in [3.05, 3.63) is 29.8 Å². The van der Waals surface area contributed by atoms with Crippen molar-refractivity contribution >= 4 is 11.7 Å². The van der Waals surface area contributed by atoms with Crippen molar-refractivity contribution in [3.8, 4) is 11.8 Å². The number of anilines is 1. The number of amides is 2. The lowest BCUT2D eigenvalue weighted by atomic mass is 10.2. The Morgan fingerprint density at radius 3 is 2.67 bits per heavy atom. The number of urea groups is 1. The molecule has 2 amide bonds. The number of nitrogens with zero attached hydrogens (tertiary/aromatic N) is 1. The smallest absolute Gasteiger partial charge is 0.320 e. The highest BCUT2D eigenvalue weighted by Crippen LogP contribution is 2.12. The van der Waals surface area contributed by atoms with Gasteiger partial charge in [0.1, 0.15) is 0 Å². The van der Waals surface area contributed by atoms with Crippen LogP contribution in [0, 0.1) is 18.8 Å². The van der Waals surface area contributed by atoms with Crippen LogP contribution in [-0.4, -0.2) is 38.1 Å². The molecule has 0 aromatic heterocycles. The van der Waals surface area contributed by atoms with Gasteiger partial charge in [-0.3, -0.25) is 4.90 Å². The highest BCUT2D eigenvalue weighted by molar-refractivity contribution is 5.90. The molecule has 0 spiro atoms. The van der Waals surface area contributed by atoms with E-state index < -0.39 is 0 Å². The predicted molar refractivity (Wildman–Crippen MR) is 74.5 cm³/mol. The van der Waals surface area contributed by atoms with E-state index in [0.29, 0.717) is 13.1 Å². The van der Waals surface area contributed by atoms with Gasteiger partial charge in [0.15, 0.2) is 0 Å². The Bertz CT molecular complexity index is 458. The summed E-state index contributed by atoms with van der Waals surface area (Å²) in [6.45, 7) is 3.00. The fraction of sp³-hybridized carbons (Fsp3) is 0.357. The Kier molecular flexibility index (Phi) is 5.75. The van der Waals surface area contributed by atoms with E-state index in [1.165, 1.54) is 0 Å². The van der Waals surface area contributed by atoms with Crippen molar-refractivity contribution in [2.75, 3.05) is 32.5 Å². The second-order valence-corrected chi connectivity index (χ2v) is 4.21. The average molecular weight is 245 g/mol. The van der Waals surface area contributed by atoms with Crippen LogP contribution in [0.2, 0.25) is 0 Å². The molecule has 0 aliphatic carbocycles. The maximum Gasteiger partial charge on any atom is 0.320 e. The summed E-state index contributed by atoms with van der Waals surface area (Å²) in [4.78, 5) is 13.5. The molecule has 0 bridgehead atoms. The number of hydrogen-bond acceptors (Lipinski definition) is 2. The molecule has 0 saturated carbocycles. The van der Waals surface area contributed by atoms with Crippen molar-refractivity contribution in [2.45, 2.75) is 6.92 Å². The van der Waals surface area contributed by atoms with E-state index in [2.05, 4.69) is 22.5 Å². The van der Waals surface area contributed by atoms with Gasteiger partial charge in [0.25, 0.3) is 0 Å². The van der Waals surface area contributed by atoms with Crippen LogP contribution in [0.5, 0.6) is 0 Å². The summed E-state index contributed by atoms with van der Waals surface area (Å²) in [5.74, 6) is 5.83. The zero-order chi connectivity index (χ0) is 13.4. The molecule has 4 nitrogen and oxygen atoms in total. The van der Waals surface area contributed by atoms with Crippen LogP contribution in [0.25, 0.3) is 0 Å². The predicted octanol–water partition coefficient (Wildman–Crippen LogP) is 1.68. The Balaban J connectivity index is 2.34. The first-order chi connectivity index (χ1) is 8.59. The van der Waals surface area contributed by atoms with E-state index in [4.69, 9.17) is 0 Å². The van der Waals surface area contributed by atoms with Crippen LogP contribution < -0.4 is 10.6 Å². The third-order valence-electron chi connectivity index (χ3n) is 2.25. The number of benzene rings is 1. The van der Waals surface area contributed by atoms with E-state index in [1.54, 1.807) is 0 Å². The average Bonchev–Trinajstić information content (AvgIpc) is 2.31. The molecule has 0 aliphatic rings. The molecular formula is C14H19N3O. The van der Waals surface area contributed by atoms with Crippen molar-refractivity contribution in [2.24, 2.45) is 0 Å². The SMILES string of the molecule is Cc1ccccc1NC(=O)NCC#CCN(C)C. The summed E-state index contributed by atoms with van der Waals surface area (Å²) in [5, 5.41) is 5.47. The Labute approximate surface area is 108 Å². The summed E-state index contributed by atoms with van der Waals surface area (Å²) in [6, 6.07) is 7.41. The molecule has 0 saturated heterocycles. The standard InChI is InChI=1S/C14H19N3O/c1-12-8-4-5-9-13(12)16-14(18)15-10-6-7-11-17(2)3/h4-5,8-9H,10-11H2,1-3H3,(H2,15,16,18). The Morgan fingerprint density at radius 2 is 2.00 bits per heavy atom. The molecule has 1 aromatic carbocycles. The molecule has 4 heteroatoms. The van der Waals surface area contributed by atoms with Gasteiger partial charge in [0.05, 0.1) is 13.1 Å². The fourth-order valence-corrected chi connectivity index (χ4v) is 1.28. The van der Waals surface area contributed by atoms with E-state index in [9.17, 15) is 4.79 Å². The molecule has 0 fully saturated rings. The normalized spacial score (nSPS) is 9.56. The first kappa shape index (κ1) is 14.1. The number of nitrogens with one attached hydrogen (secondary N) is 2. The van der Waals surface area contributed by atoms with E-state index in [1.807, 2.05) is 50.2 Å². The number of para-hydroxylation sites is 1. The lowest BCUT2D eigenvalue weighted by Gasteiger charge is -2.07. The Morgan fingerprint density at radius 1 is 1.28 bits per heavy atom. The fourth-order valence-electron chi connectivity index (χ4n) is 1.28. The minimum Gasteiger partial charge on any atom is -0.327 e. The van der Waals surface area contributed by atoms with Gasteiger partial charge in [0.2, 0.25) is 0 Å².